The number of anilines is 1. The molecular weight excluding hydrogens is 640 g/mol. The standard InChI is InChI=1S/C30H31Cl4N3O4S/c1-2-27(30(39)35-22-8-6-7-9-22)36(18-20-12-14-24(32)25(33)16-20)29(38)19-37(28-15-13-21(31)17-26(28)34)42(40,41)23-10-4-3-5-11-23/h3-5,10-17,22,27H,2,6-9,18-19H2,1H3,(H,35,39)/t27-/m0/s1. The number of carbonyl (C=O) groups excluding carboxylic acids is 2. The summed E-state index contributed by atoms with van der Waals surface area (Å²) in [5.41, 5.74) is 0.711. The zero-order valence-electron chi connectivity index (χ0n) is 22.9. The maximum Gasteiger partial charge on any atom is 0.264 e. The Morgan fingerprint density at radius 2 is 1.60 bits per heavy atom. The van der Waals surface area contributed by atoms with E-state index in [1.54, 1.807) is 36.4 Å². The molecule has 3 aromatic rings. The number of carbonyl (C=O) groups is 2. The van der Waals surface area contributed by atoms with Crippen molar-refractivity contribution in [3.05, 3.63) is 92.4 Å². The maximum atomic E-state index is 14.2. The van der Waals surface area contributed by atoms with Gasteiger partial charge in [0.2, 0.25) is 11.8 Å². The molecular formula is C30H31Cl4N3O4S. The molecule has 1 atom stereocenters. The van der Waals surface area contributed by atoms with Crippen LogP contribution in [0.3, 0.4) is 0 Å². The van der Waals surface area contributed by atoms with Gasteiger partial charge in [0.15, 0.2) is 0 Å². The van der Waals surface area contributed by atoms with E-state index in [-0.39, 0.29) is 34.1 Å². The summed E-state index contributed by atoms with van der Waals surface area (Å²) in [6.07, 6.45) is 4.12. The highest BCUT2D eigenvalue weighted by molar-refractivity contribution is 7.92. The van der Waals surface area contributed by atoms with Crippen LogP contribution in [0.4, 0.5) is 5.69 Å². The van der Waals surface area contributed by atoms with Gasteiger partial charge in [-0.2, -0.15) is 0 Å². The van der Waals surface area contributed by atoms with Gasteiger partial charge in [-0.1, -0.05) is 90.4 Å². The van der Waals surface area contributed by atoms with Gasteiger partial charge < -0.3 is 10.2 Å². The van der Waals surface area contributed by atoms with Crippen LogP contribution in [0.1, 0.15) is 44.6 Å². The average molecular weight is 671 g/mol. The van der Waals surface area contributed by atoms with Gasteiger partial charge >= 0.3 is 0 Å². The van der Waals surface area contributed by atoms with E-state index in [9.17, 15) is 18.0 Å². The summed E-state index contributed by atoms with van der Waals surface area (Å²) in [6, 6.07) is 16.2. The number of nitrogens with one attached hydrogen (secondary N) is 1. The summed E-state index contributed by atoms with van der Waals surface area (Å²) in [7, 11) is -4.26. The molecule has 0 spiro atoms. The van der Waals surface area contributed by atoms with Crippen molar-refractivity contribution in [2.24, 2.45) is 0 Å². The van der Waals surface area contributed by atoms with Crippen molar-refractivity contribution >= 4 is 73.9 Å². The lowest BCUT2D eigenvalue weighted by atomic mass is 10.1. The van der Waals surface area contributed by atoms with Crippen LogP contribution < -0.4 is 9.62 Å². The van der Waals surface area contributed by atoms with Crippen LogP contribution in [0.25, 0.3) is 0 Å². The zero-order valence-corrected chi connectivity index (χ0v) is 26.7. The van der Waals surface area contributed by atoms with Crippen molar-refractivity contribution in [3.63, 3.8) is 0 Å². The summed E-state index contributed by atoms with van der Waals surface area (Å²) in [5, 5.41) is 4.09. The van der Waals surface area contributed by atoms with Crippen LogP contribution in [-0.4, -0.2) is 43.8 Å². The molecule has 0 unspecified atom stereocenters. The second-order valence-electron chi connectivity index (χ2n) is 10.1. The van der Waals surface area contributed by atoms with Crippen LogP contribution in [-0.2, 0) is 26.2 Å². The third-order valence-electron chi connectivity index (χ3n) is 7.21. The lowest BCUT2D eigenvalue weighted by molar-refractivity contribution is -0.140. The van der Waals surface area contributed by atoms with Crippen LogP contribution in [0.5, 0.6) is 0 Å². The molecule has 0 aromatic heterocycles. The van der Waals surface area contributed by atoms with Crippen LogP contribution in [0.15, 0.2) is 71.6 Å². The molecule has 1 saturated carbocycles. The number of amides is 2. The van der Waals surface area contributed by atoms with Gasteiger partial charge in [0, 0.05) is 17.6 Å². The van der Waals surface area contributed by atoms with E-state index in [0.717, 1.165) is 30.0 Å². The molecule has 3 aromatic carbocycles. The van der Waals surface area contributed by atoms with Crippen molar-refractivity contribution in [3.8, 4) is 0 Å². The molecule has 1 N–H and O–H groups in total. The van der Waals surface area contributed by atoms with Crippen LogP contribution in [0, 0.1) is 0 Å². The first-order valence-electron chi connectivity index (χ1n) is 13.6. The Morgan fingerprint density at radius 3 is 2.21 bits per heavy atom. The highest BCUT2D eigenvalue weighted by atomic mass is 35.5. The first-order valence-corrected chi connectivity index (χ1v) is 16.5. The Balaban J connectivity index is 1.74. The van der Waals surface area contributed by atoms with E-state index in [0.29, 0.717) is 27.1 Å². The first-order chi connectivity index (χ1) is 20.0. The molecule has 0 bridgehead atoms. The number of halogens is 4. The first kappa shape index (κ1) is 32.4. The molecule has 2 amide bonds. The third kappa shape index (κ3) is 7.71. The predicted molar refractivity (Wildman–Crippen MR) is 169 cm³/mol. The minimum atomic E-state index is -4.26. The van der Waals surface area contributed by atoms with E-state index in [2.05, 4.69) is 5.32 Å². The van der Waals surface area contributed by atoms with Gasteiger partial charge in [-0.25, -0.2) is 8.42 Å². The second kappa shape index (κ2) is 14.3. The van der Waals surface area contributed by atoms with Crippen molar-refractivity contribution in [1.82, 2.24) is 10.2 Å². The number of nitrogens with zero attached hydrogens (tertiary/aromatic N) is 2. The Morgan fingerprint density at radius 1 is 0.905 bits per heavy atom. The smallest absolute Gasteiger partial charge is 0.264 e. The van der Waals surface area contributed by atoms with Crippen LogP contribution >= 0.6 is 46.4 Å². The van der Waals surface area contributed by atoms with Gasteiger partial charge in [-0.3, -0.25) is 13.9 Å². The van der Waals surface area contributed by atoms with Gasteiger partial charge in [0.1, 0.15) is 12.6 Å². The molecule has 7 nitrogen and oxygen atoms in total. The van der Waals surface area contributed by atoms with Crippen molar-refractivity contribution < 1.29 is 18.0 Å². The summed E-state index contributed by atoms with van der Waals surface area (Å²) in [5.74, 6) is -0.889. The molecule has 0 saturated heterocycles. The predicted octanol–water partition coefficient (Wildman–Crippen LogP) is 7.36. The quantitative estimate of drug-likeness (QED) is 0.231. The van der Waals surface area contributed by atoms with E-state index in [4.69, 9.17) is 46.4 Å². The fraction of sp³-hybridized carbons (Fsp3) is 0.333. The number of hydrogen-bond donors (Lipinski definition) is 1. The monoisotopic (exact) mass is 669 g/mol. The van der Waals surface area contributed by atoms with E-state index < -0.39 is 28.5 Å². The third-order valence-corrected chi connectivity index (χ3v) is 10.3. The Hall–Kier alpha value is -2.49. The molecule has 12 heteroatoms. The molecule has 0 radical (unpaired) electrons. The highest BCUT2D eigenvalue weighted by Gasteiger charge is 2.35. The zero-order chi connectivity index (χ0) is 30.4. The molecule has 1 aliphatic rings. The Labute approximate surface area is 266 Å². The number of sulfonamides is 1. The fourth-order valence-corrected chi connectivity index (χ4v) is 7.37. The second-order valence-corrected chi connectivity index (χ2v) is 13.6. The number of hydrogen-bond acceptors (Lipinski definition) is 4. The minimum Gasteiger partial charge on any atom is -0.352 e. The molecule has 4 rings (SSSR count). The maximum absolute atomic E-state index is 14.2. The number of benzene rings is 3. The van der Waals surface area contributed by atoms with Crippen molar-refractivity contribution in [1.29, 1.82) is 0 Å². The largest absolute Gasteiger partial charge is 0.352 e. The van der Waals surface area contributed by atoms with E-state index >= 15 is 0 Å². The van der Waals surface area contributed by atoms with E-state index in [1.807, 2.05) is 6.92 Å². The summed E-state index contributed by atoms with van der Waals surface area (Å²) < 4.78 is 28.8. The SMILES string of the molecule is CC[C@@H](C(=O)NC1CCCC1)N(Cc1ccc(Cl)c(Cl)c1)C(=O)CN(c1ccc(Cl)cc1Cl)S(=O)(=O)c1ccccc1. The Bertz CT molecular complexity index is 1530. The summed E-state index contributed by atoms with van der Waals surface area (Å²) in [4.78, 5) is 29.1. The molecule has 0 aliphatic heterocycles. The average Bonchev–Trinajstić information content (AvgIpc) is 3.47. The van der Waals surface area contributed by atoms with Gasteiger partial charge in [0.05, 0.1) is 25.7 Å². The normalized spacial score (nSPS) is 14.4. The summed E-state index contributed by atoms with van der Waals surface area (Å²) >= 11 is 24.9. The minimum absolute atomic E-state index is 0.000109. The van der Waals surface area contributed by atoms with Crippen molar-refractivity contribution in [2.45, 2.75) is 62.6 Å². The molecule has 1 aliphatic carbocycles. The molecule has 0 heterocycles. The van der Waals surface area contributed by atoms with Gasteiger partial charge in [-0.15, -0.1) is 0 Å². The molecule has 1 fully saturated rings. The van der Waals surface area contributed by atoms with Crippen LogP contribution in [0.2, 0.25) is 20.1 Å². The molecule has 224 valence electrons. The lowest BCUT2D eigenvalue weighted by Crippen LogP contribution is -2.53. The van der Waals surface area contributed by atoms with Gasteiger partial charge in [-0.05, 0) is 67.3 Å². The Kier molecular flexibility index (Phi) is 11.1. The fourth-order valence-electron chi connectivity index (χ4n) is 5.04. The van der Waals surface area contributed by atoms with E-state index in [1.165, 1.54) is 35.2 Å². The lowest BCUT2D eigenvalue weighted by Gasteiger charge is -2.34. The topological polar surface area (TPSA) is 86.8 Å². The number of rotatable bonds is 11. The van der Waals surface area contributed by atoms with Gasteiger partial charge in [0.25, 0.3) is 10.0 Å². The summed E-state index contributed by atoms with van der Waals surface area (Å²) in [6.45, 7) is 1.19. The molecule has 42 heavy (non-hydrogen) atoms. The highest BCUT2D eigenvalue weighted by Crippen LogP contribution is 2.33. The van der Waals surface area contributed by atoms with Crippen molar-refractivity contribution in [2.75, 3.05) is 10.8 Å².